The number of carbonyl (C=O) groups is 1. The van der Waals surface area contributed by atoms with Crippen molar-refractivity contribution in [2.24, 2.45) is 0 Å². The highest BCUT2D eigenvalue weighted by Gasteiger charge is 2.18. The first-order chi connectivity index (χ1) is 9.81. The summed E-state index contributed by atoms with van der Waals surface area (Å²) in [5.41, 5.74) is 0.0299. The molecule has 21 heavy (non-hydrogen) atoms. The molecule has 2 N–H and O–H groups in total. The van der Waals surface area contributed by atoms with Gasteiger partial charge in [-0.2, -0.15) is 0 Å². The smallest absolute Gasteiger partial charge is 0.337 e. The molecule has 0 radical (unpaired) electrons. The predicted molar refractivity (Wildman–Crippen MR) is 80.7 cm³/mol. The summed E-state index contributed by atoms with van der Waals surface area (Å²) in [6.07, 6.45) is 0. The average molecular weight is 346 g/mol. The molecule has 0 unspecified atom stereocenters. The fraction of sp³-hybridized carbons (Fsp3) is 0. The lowest BCUT2D eigenvalue weighted by Gasteiger charge is -2.10. The summed E-state index contributed by atoms with van der Waals surface area (Å²) in [5.74, 6) is -1.19. The van der Waals surface area contributed by atoms with E-state index in [9.17, 15) is 13.2 Å². The molecule has 0 aliphatic heterocycles. The third-order valence-corrected chi connectivity index (χ3v) is 4.77. The molecule has 0 atom stereocenters. The summed E-state index contributed by atoms with van der Waals surface area (Å²) in [6, 6.07) is 9.72. The molecule has 2 aromatic rings. The van der Waals surface area contributed by atoms with E-state index >= 15 is 0 Å². The van der Waals surface area contributed by atoms with Gasteiger partial charge in [0.05, 0.1) is 21.3 Å². The fourth-order valence-corrected chi connectivity index (χ4v) is 3.46. The fourth-order valence-electron chi connectivity index (χ4n) is 1.62. The third-order valence-electron chi connectivity index (χ3n) is 2.58. The number of carboxylic acids is 1. The minimum absolute atomic E-state index is 0.0677. The largest absolute Gasteiger partial charge is 0.478 e. The highest BCUT2D eigenvalue weighted by atomic mass is 35.5. The van der Waals surface area contributed by atoms with Crippen LogP contribution in [0.5, 0.6) is 0 Å². The molecule has 2 rings (SSSR count). The minimum atomic E-state index is -3.88. The number of nitrogens with one attached hydrogen (secondary N) is 1. The zero-order valence-electron chi connectivity index (χ0n) is 10.4. The summed E-state index contributed by atoms with van der Waals surface area (Å²) in [7, 11) is -3.88. The number of hydrogen-bond donors (Lipinski definition) is 2. The van der Waals surface area contributed by atoms with Gasteiger partial charge < -0.3 is 5.11 Å². The van der Waals surface area contributed by atoms with Crippen LogP contribution in [0.3, 0.4) is 0 Å². The maximum absolute atomic E-state index is 12.2. The van der Waals surface area contributed by atoms with E-state index in [0.29, 0.717) is 0 Å². The Kier molecular flexibility index (Phi) is 4.41. The van der Waals surface area contributed by atoms with E-state index in [1.54, 1.807) is 12.1 Å². The average Bonchev–Trinajstić information content (AvgIpc) is 2.38. The zero-order chi connectivity index (χ0) is 15.6. The standard InChI is InChI=1S/C13H9Cl2NO4S/c14-10-3-1-2-4-12(10)21(19,20)16-8-5-6-9(13(17)18)11(15)7-8/h1-7,16H,(H,17,18). The SMILES string of the molecule is O=C(O)c1ccc(NS(=O)(=O)c2ccccc2Cl)cc1Cl. The first-order valence-corrected chi connectivity index (χ1v) is 7.85. The van der Waals surface area contributed by atoms with Gasteiger partial charge in [0.2, 0.25) is 0 Å². The van der Waals surface area contributed by atoms with Crippen molar-refractivity contribution in [3.8, 4) is 0 Å². The topological polar surface area (TPSA) is 83.5 Å². The van der Waals surface area contributed by atoms with E-state index in [0.717, 1.165) is 0 Å². The van der Waals surface area contributed by atoms with Gasteiger partial charge >= 0.3 is 5.97 Å². The molecule has 0 aromatic heterocycles. The first kappa shape index (κ1) is 15.6. The second-order valence-electron chi connectivity index (χ2n) is 4.04. The Bertz CT molecular complexity index is 806. The molecule has 0 spiro atoms. The molecular weight excluding hydrogens is 337 g/mol. The molecular formula is C13H9Cl2NO4S. The molecule has 0 fully saturated rings. The van der Waals surface area contributed by atoms with Crippen LogP contribution in [0.25, 0.3) is 0 Å². The molecule has 0 aliphatic carbocycles. The van der Waals surface area contributed by atoms with Crippen LogP contribution in [0.15, 0.2) is 47.4 Å². The number of rotatable bonds is 4. The van der Waals surface area contributed by atoms with Gasteiger partial charge in [-0.15, -0.1) is 0 Å². The van der Waals surface area contributed by atoms with Gasteiger partial charge in [0, 0.05) is 0 Å². The van der Waals surface area contributed by atoms with Crippen LogP contribution in [0, 0.1) is 0 Å². The van der Waals surface area contributed by atoms with Crippen molar-refractivity contribution in [2.45, 2.75) is 4.90 Å². The number of carboxylic acid groups (broad SMARTS) is 1. The quantitative estimate of drug-likeness (QED) is 0.888. The highest BCUT2D eigenvalue weighted by molar-refractivity contribution is 7.92. The molecule has 2 aromatic carbocycles. The van der Waals surface area contributed by atoms with Crippen molar-refractivity contribution in [3.63, 3.8) is 0 Å². The Hall–Kier alpha value is -1.76. The van der Waals surface area contributed by atoms with E-state index in [1.165, 1.54) is 30.3 Å². The second kappa shape index (κ2) is 5.93. The lowest BCUT2D eigenvalue weighted by Crippen LogP contribution is -2.13. The molecule has 0 saturated carbocycles. The Morgan fingerprint density at radius 2 is 1.71 bits per heavy atom. The number of anilines is 1. The van der Waals surface area contributed by atoms with Gasteiger partial charge in [0.15, 0.2) is 0 Å². The summed E-state index contributed by atoms with van der Waals surface area (Å²) >= 11 is 11.6. The third kappa shape index (κ3) is 3.47. The molecule has 110 valence electrons. The van der Waals surface area contributed by atoms with Crippen molar-refractivity contribution in [1.29, 1.82) is 0 Å². The molecule has 0 saturated heterocycles. The van der Waals surface area contributed by atoms with Gasteiger partial charge in [-0.1, -0.05) is 35.3 Å². The Morgan fingerprint density at radius 1 is 1.05 bits per heavy atom. The highest BCUT2D eigenvalue weighted by Crippen LogP contribution is 2.26. The lowest BCUT2D eigenvalue weighted by molar-refractivity contribution is 0.0697. The van der Waals surface area contributed by atoms with Crippen LogP contribution >= 0.6 is 23.2 Å². The van der Waals surface area contributed by atoms with Gasteiger partial charge in [0.1, 0.15) is 4.90 Å². The summed E-state index contributed by atoms with van der Waals surface area (Å²) in [5, 5.41) is 8.88. The summed E-state index contributed by atoms with van der Waals surface area (Å²) < 4.78 is 26.7. The number of sulfonamides is 1. The number of benzene rings is 2. The van der Waals surface area contributed by atoms with E-state index in [4.69, 9.17) is 28.3 Å². The van der Waals surface area contributed by atoms with Crippen LogP contribution in [0.2, 0.25) is 10.0 Å². The van der Waals surface area contributed by atoms with E-state index in [1.807, 2.05) is 0 Å². The van der Waals surface area contributed by atoms with Crippen LogP contribution in [0.1, 0.15) is 10.4 Å². The Morgan fingerprint density at radius 3 is 2.29 bits per heavy atom. The normalized spacial score (nSPS) is 11.1. The number of halogens is 2. The number of hydrogen-bond acceptors (Lipinski definition) is 3. The molecule has 5 nitrogen and oxygen atoms in total. The first-order valence-electron chi connectivity index (χ1n) is 5.61. The maximum Gasteiger partial charge on any atom is 0.337 e. The second-order valence-corrected chi connectivity index (χ2v) is 6.50. The zero-order valence-corrected chi connectivity index (χ0v) is 12.7. The van der Waals surface area contributed by atoms with Gasteiger partial charge in [-0.3, -0.25) is 4.72 Å². The molecule has 0 bridgehead atoms. The minimum Gasteiger partial charge on any atom is -0.478 e. The van der Waals surface area contributed by atoms with Gasteiger partial charge in [0.25, 0.3) is 10.0 Å². The predicted octanol–water partition coefficient (Wildman–Crippen LogP) is 3.49. The lowest BCUT2D eigenvalue weighted by atomic mass is 10.2. The Balaban J connectivity index is 2.36. The van der Waals surface area contributed by atoms with Gasteiger partial charge in [-0.05, 0) is 30.3 Å². The molecule has 0 heterocycles. The van der Waals surface area contributed by atoms with E-state index in [-0.39, 0.29) is 26.2 Å². The van der Waals surface area contributed by atoms with Crippen LogP contribution < -0.4 is 4.72 Å². The van der Waals surface area contributed by atoms with Crippen LogP contribution in [-0.2, 0) is 10.0 Å². The summed E-state index contributed by atoms with van der Waals surface area (Å²) in [4.78, 5) is 10.8. The number of aromatic carboxylic acids is 1. The van der Waals surface area contributed by atoms with Crippen LogP contribution in [0.4, 0.5) is 5.69 Å². The van der Waals surface area contributed by atoms with Crippen molar-refractivity contribution in [3.05, 3.63) is 58.1 Å². The van der Waals surface area contributed by atoms with Gasteiger partial charge in [-0.25, -0.2) is 13.2 Å². The monoisotopic (exact) mass is 345 g/mol. The molecule has 0 amide bonds. The summed E-state index contributed by atoms with van der Waals surface area (Å²) in [6.45, 7) is 0. The van der Waals surface area contributed by atoms with Crippen molar-refractivity contribution >= 4 is 44.9 Å². The molecule has 8 heteroatoms. The Labute approximate surface area is 131 Å². The van der Waals surface area contributed by atoms with Crippen molar-refractivity contribution < 1.29 is 18.3 Å². The van der Waals surface area contributed by atoms with E-state index < -0.39 is 16.0 Å². The maximum atomic E-state index is 12.2. The van der Waals surface area contributed by atoms with Crippen molar-refractivity contribution in [2.75, 3.05) is 4.72 Å². The van der Waals surface area contributed by atoms with E-state index in [2.05, 4.69) is 4.72 Å². The van der Waals surface area contributed by atoms with Crippen molar-refractivity contribution in [1.82, 2.24) is 0 Å². The van der Waals surface area contributed by atoms with Crippen LogP contribution in [-0.4, -0.2) is 19.5 Å². The molecule has 0 aliphatic rings.